The summed E-state index contributed by atoms with van der Waals surface area (Å²) in [5.74, 6) is 1.83. The van der Waals surface area contributed by atoms with E-state index in [0.29, 0.717) is 23.2 Å². The summed E-state index contributed by atoms with van der Waals surface area (Å²) in [6.45, 7) is 2.56. The highest BCUT2D eigenvalue weighted by atomic mass is 32.1. The summed E-state index contributed by atoms with van der Waals surface area (Å²) in [4.78, 5) is 12.3. The number of nitrogens with one attached hydrogen (secondary N) is 1. The third-order valence-corrected chi connectivity index (χ3v) is 4.78. The van der Waals surface area contributed by atoms with E-state index < -0.39 is 0 Å². The molecule has 1 heterocycles. The van der Waals surface area contributed by atoms with Gasteiger partial charge >= 0.3 is 0 Å². The van der Waals surface area contributed by atoms with Crippen LogP contribution in [-0.2, 0) is 11.2 Å². The van der Waals surface area contributed by atoms with E-state index in [4.69, 9.17) is 14.2 Å². The standard InChI is InChI=1S/C20H21N3O4S/c1-4-27-15-8-6-14(7-9-15)19-22-23-20(28-19)21-18(24)12-13-5-10-16(25-2)17(11-13)26-3/h5-11H,4,12H2,1-3H3,(H,21,23,24). The molecule has 3 aromatic rings. The van der Waals surface area contributed by atoms with Gasteiger partial charge in [-0.1, -0.05) is 17.4 Å². The fourth-order valence-corrected chi connectivity index (χ4v) is 3.36. The summed E-state index contributed by atoms with van der Waals surface area (Å²) in [5.41, 5.74) is 1.73. The summed E-state index contributed by atoms with van der Waals surface area (Å²) in [6.07, 6.45) is 0.193. The molecule has 0 saturated carbocycles. The highest BCUT2D eigenvalue weighted by Gasteiger charge is 2.12. The second-order valence-corrected chi connectivity index (χ2v) is 6.76. The van der Waals surface area contributed by atoms with Crippen molar-refractivity contribution in [2.75, 3.05) is 26.1 Å². The third kappa shape index (κ3) is 4.77. The van der Waals surface area contributed by atoms with Crippen molar-refractivity contribution in [3.8, 4) is 27.8 Å². The van der Waals surface area contributed by atoms with Crippen LogP contribution in [0.3, 0.4) is 0 Å². The first-order chi connectivity index (χ1) is 13.6. The van der Waals surface area contributed by atoms with Crippen molar-refractivity contribution in [3.63, 3.8) is 0 Å². The second kappa shape index (κ2) is 9.18. The number of aromatic nitrogens is 2. The molecule has 8 heteroatoms. The fraction of sp³-hybridized carbons (Fsp3) is 0.250. The Morgan fingerprint density at radius 3 is 2.46 bits per heavy atom. The number of carbonyl (C=O) groups excluding carboxylic acids is 1. The van der Waals surface area contributed by atoms with Gasteiger partial charge in [-0.2, -0.15) is 0 Å². The van der Waals surface area contributed by atoms with Crippen molar-refractivity contribution in [2.24, 2.45) is 0 Å². The maximum Gasteiger partial charge on any atom is 0.230 e. The van der Waals surface area contributed by atoms with Gasteiger partial charge in [0.05, 0.1) is 27.2 Å². The van der Waals surface area contributed by atoms with Gasteiger partial charge in [0.25, 0.3) is 0 Å². The van der Waals surface area contributed by atoms with Crippen molar-refractivity contribution in [1.82, 2.24) is 10.2 Å². The van der Waals surface area contributed by atoms with Gasteiger partial charge in [-0.3, -0.25) is 4.79 Å². The van der Waals surface area contributed by atoms with Gasteiger partial charge in [-0.25, -0.2) is 0 Å². The number of benzene rings is 2. The highest BCUT2D eigenvalue weighted by Crippen LogP contribution is 2.29. The zero-order valence-corrected chi connectivity index (χ0v) is 16.7. The molecule has 28 heavy (non-hydrogen) atoms. The van der Waals surface area contributed by atoms with Gasteiger partial charge < -0.3 is 19.5 Å². The number of anilines is 1. The van der Waals surface area contributed by atoms with Gasteiger partial charge in [0.2, 0.25) is 11.0 Å². The number of methoxy groups -OCH3 is 2. The number of rotatable bonds is 8. The fourth-order valence-electron chi connectivity index (χ4n) is 2.59. The average Bonchev–Trinajstić information content (AvgIpc) is 3.17. The van der Waals surface area contributed by atoms with Crippen molar-refractivity contribution < 1.29 is 19.0 Å². The minimum Gasteiger partial charge on any atom is -0.494 e. The first kappa shape index (κ1) is 19.6. The van der Waals surface area contributed by atoms with E-state index in [0.717, 1.165) is 21.9 Å². The van der Waals surface area contributed by atoms with E-state index in [9.17, 15) is 4.79 Å². The molecule has 0 radical (unpaired) electrons. The van der Waals surface area contributed by atoms with Crippen LogP contribution < -0.4 is 19.5 Å². The molecule has 0 bridgehead atoms. The largest absolute Gasteiger partial charge is 0.494 e. The van der Waals surface area contributed by atoms with E-state index in [2.05, 4.69) is 15.5 Å². The van der Waals surface area contributed by atoms with Crippen LogP contribution in [0.15, 0.2) is 42.5 Å². The normalized spacial score (nSPS) is 10.4. The summed E-state index contributed by atoms with van der Waals surface area (Å²) in [7, 11) is 3.13. The van der Waals surface area contributed by atoms with Gasteiger partial charge in [0, 0.05) is 5.56 Å². The van der Waals surface area contributed by atoms with Gasteiger partial charge in [0.1, 0.15) is 10.8 Å². The van der Waals surface area contributed by atoms with Crippen molar-refractivity contribution >= 4 is 22.4 Å². The Kier molecular flexibility index (Phi) is 6.44. The van der Waals surface area contributed by atoms with Crippen LogP contribution in [0, 0.1) is 0 Å². The van der Waals surface area contributed by atoms with Crippen LogP contribution >= 0.6 is 11.3 Å². The molecule has 1 amide bonds. The van der Waals surface area contributed by atoms with E-state index >= 15 is 0 Å². The molecule has 1 aromatic heterocycles. The smallest absolute Gasteiger partial charge is 0.230 e. The number of ether oxygens (including phenoxy) is 3. The molecule has 1 N–H and O–H groups in total. The van der Waals surface area contributed by atoms with Crippen molar-refractivity contribution in [3.05, 3.63) is 48.0 Å². The van der Waals surface area contributed by atoms with E-state index in [1.54, 1.807) is 26.4 Å². The molecule has 0 aliphatic rings. The highest BCUT2D eigenvalue weighted by molar-refractivity contribution is 7.18. The minimum atomic E-state index is -0.179. The van der Waals surface area contributed by atoms with Crippen molar-refractivity contribution in [2.45, 2.75) is 13.3 Å². The third-order valence-electron chi connectivity index (χ3n) is 3.90. The van der Waals surface area contributed by atoms with Gasteiger partial charge in [0.15, 0.2) is 11.5 Å². The zero-order chi connectivity index (χ0) is 19.9. The van der Waals surface area contributed by atoms with Crippen LogP contribution in [-0.4, -0.2) is 36.9 Å². The summed E-state index contributed by atoms with van der Waals surface area (Å²) < 4.78 is 15.9. The van der Waals surface area contributed by atoms with E-state index in [1.165, 1.54) is 11.3 Å². The lowest BCUT2D eigenvalue weighted by molar-refractivity contribution is -0.115. The first-order valence-electron chi connectivity index (χ1n) is 8.70. The summed E-state index contributed by atoms with van der Waals surface area (Å²) >= 11 is 1.32. The molecule has 0 spiro atoms. The lowest BCUT2D eigenvalue weighted by Gasteiger charge is -2.09. The number of nitrogens with zero attached hydrogens (tertiary/aromatic N) is 2. The molecule has 0 aliphatic heterocycles. The molecule has 7 nitrogen and oxygen atoms in total. The van der Waals surface area contributed by atoms with Crippen LogP contribution in [0.25, 0.3) is 10.6 Å². The molecule has 0 atom stereocenters. The first-order valence-corrected chi connectivity index (χ1v) is 9.52. The Morgan fingerprint density at radius 2 is 1.79 bits per heavy atom. The molecule has 0 aliphatic carbocycles. The van der Waals surface area contributed by atoms with Crippen LogP contribution in [0.4, 0.5) is 5.13 Å². The number of hydrogen-bond acceptors (Lipinski definition) is 7. The molecule has 146 valence electrons. The maximum absolute atomic E-state index is 12.3. The topological polar surface area (TPSA) is 82.6 Å². The number of amides is 1. The van der Waals surface area contributed by atoms with Gasteiger partial charge in [-0.15, -0.1) is 10.2 Å². The second-order valence-electron chi connectivity index (χ2n) is 5.78. The molecular formula is C20H21N3O4S. The number of carbonyl (C=O) groups is 1. The predicted octanol–water partition coefficient (Wildman–Crippen LogP) is 3.80. The summed E-state index contributed by atoms with van der Waals surface area (Å²) in [5, 5.41) is 12.2. The van der Waals surface area contributed by atoms with E-state index in [1.807, 2.05) is 37.3 Å². The molecule has 0 saturated heterocycles. The van der Waals surface area contributed by atoms with Crippen LogP contribution in [0.5, 0.6) is 17.2 Å². The summed E-state index contributed by atoms with van der Waals surface area (Å²) in [6, 6.07) is 13.0. The van der Waals surface area contributed by atoms with Crippen LogP contribution in [0.1, 0.15) is 12.5 Å². The lowest BCUT2D eigenvalue weighted by Crippen LogP contribution is -2.14. The zero-order valence-electron chi connectivity index (χ0n) is 15.9. The maximum atomic E-state index is 12.3. The van der Waals surface area contributed by atoms with Crippen LogP contribution in [0.2, 0.25) is 0 Å². The molecule has 0 fully saturated rings. The van der Waals surface area contributed by atoms with Crippen molar-refractivity contribution in [1.29, 1.82) is 0 Å². The lowest BCUT2D eigenvalue weighted by atomic mass is 10.1. The Morgan fingerprint density at radius 1 is 1.04 bits per heavy atom. The molecular weight excluding hydrogens is 378 g/mol. The minimum absolute atomic E-state index is 0.179. The average molecular weight is 399 g/mol. The molecule has 2 aromatic carbocycles. The van der Waals surface area contributed by atoms with E-state index in [-0.39, 0.29) is 12.3 Å². The Balaban J connectivity index is 1.64. The Labute approximate surface area is 167 Å². The van der Waals surface area contributed by atoms with Gasteiger partial charge in [-0.05, 0) is 48.9 Å². The predicted molar refractivity (Wildman–Crippen MR) is 108 cm³/mol. The SMILES string of the molecule is CCOc1ccc(-c2nnc(NC(=O)Cc3ccc(OC)c(OC)c3)s2)cc1. The number of hydrogen-bond donors (Lipinski definition) is 1. The Bertz CT molecular complexity index is 941. The molecule has 0 unspecified atom stereocenters. The monoisotopic (exact) mass is 399 g/mol. The molecule has 3 rings (SSSR count). The quantitative estimate of drug-likeness (QED) is 0.620. The Hall–Kier alpha value is -3.13.